The third-order valence-electron chi connectivity index (χ3n) is 3.89. The highest BCUT2D eigenvalue weighted by Gasteiger charge is 2.22. The average molecular weight is 408 g/mol. The highest BCUT2D eigenvalue weighted by Crippen LogP contribution is 2.29. The highest BCUT2D eigenvalue weighted by molar-refractivity contribution is 8.00. The van der Waals surface area contributed by atoms with Gasteiger partial charge in [-0.2, -0.15) is 0 Å². The molecular weight excluding hydrogens is 391 g/mol. The van der Waals surface area contributed by atoms with E-state index in [1.807, 2.05) is 0 Å². The van der Waals surface area contributed by atoms with E-state index in [0.29, 0.717) is 16.7 Å². The van der Waals surface area contributed by atoms with Gasteiger partial charge in [-0.05, 0) is 49.4 Å². The minimum absolute atomic E-state index is 0.111. The zero-order chi connectivity index (χ0) is 19.8. The number of Topliss-reactive ketones (excluding diaryl/α,β-unsaturated/α-hetero) is 1. The first-order chi connectivity index (χ1) is 12.7. The summed E-state index contributed by atoms with van der Waals surface area (Å²) in [5.74, 6) is -0.590. The second kappa shape index (κ2) is 7.41. The van der Waals surface area contributed by atoms with Crippen molar-refractivity contribution in [2.45, 2.75) is 22.3 Å². The second-order valence-corrected chi connectivity index (χ2v) is 9.47. The maximum Gasteiger partial charge on any atom is 0.257 e. The number of thioether (sulfide) groups is 1. The minimum atomic E-state index is -3.58. The summed E-state index contributed by atoms with van der Waals surface area (Å²) in [6.45, 7) is 1.70. The van der Waals surface area contributed by atoms with Gasteiger partial charge in [-0.3, -0.25) is 4.79 Å². The second-order valence-electron chi connectivity index (χ2n) is 6.03. The molecule has 27 heavy (non-hydrogen) atoms. The molecule has 0 radical (unpaired) electrons. The molecule has 1 unspecified atom stereocenters. The Balaban J connectivity index is 1.83. The van der Waals surface area contributed by atoms with Crippen molar-refractivity contribution in [3.05, 3.63) is 53.8 Å². The number of rotatable bonds is 6. The molecule has 9 heteroatoms. The molecule has 1 atom stereocenters. The van der Waals surface area contributed by atoms with E-state index >= 15 is 0 Å². The molecule has 3 aromatic rings. The maximum atomic E-state index is 13.0. The van der Waals surface area contributed by atoms with Crippen molar-refractivity contribution in [2.24, 2.45) is 0 Å². The third-order valence-corrected chi connectivity index (χ3v) is 6.65. The zero-order valence-electron chi connectivity index (χ0n) is 14.8. The first-order valence-electron chi connectivity index (χ1n) is 7.98. The number of aromatic nitrogens is 1. The molecule has 1 heterocycles. The number of benzene rings is 2. The quantitative estimate of drug-likeness (QED) is 0.458. The van der Waals surface area contributed by atoms with Gasteiger partial charge in [-0.1, -0.05) is 11.8 Å². The Morgan fingerprint density at radius 1 is 1.19 bits per heavy atom. The van der Waals surface area contributed by atoms with Gasteiger partial charge >= 0.3 is 0 Å². The summed E-state index contributed by atoms with van der Waals surface area (Å²) in [5, 5.41) is -0.249. The lowest BCUT2D eigenvalue weighted by Crippen LogP contribution is -2.22. The smallest absolute Gasteiger partial charge is 0.257 e. The fourth-order valence-corrected chi connectivity index (χ4v) is 4.12. The first kappa shape index (κ1) is 19.5. The number of halogens is 1. The molecule has 0 aliphatic rings. The van der Waals surface area contributed by atoms with Gasteiger partial charge in [0.2, 0.25) is 10.0 Å². The molecule has 0 N–H and O–H groups in total. The van der Waals surface area contributed by atoms with Crippen LogP contribution in [0.25, 0.3) is 11.1 Å². The van der Waals surface area contributed by atoms with E-state index in [1.165, 1.54) is 56.6 Å². The van der Waals surface area contributed by atoms with Crippen LogP contribution in [0.3, 0.4) is 0 Å². The summed E-state index contributed by atoms with van der Waals surface area (Å²) in [6.07, 6.45) is 0. The van der Waals surface area contributed by atoms with Crippen molar-refractivity contribution in [1.82, 2.24) is 9.29 Å². The Hall–Kier alpha value is -2.23. The lowest BCUT2D eigenvalue weighted by Gasteiger charge is -2.10. The van der Waals surface area contributed by atoms with Gasteiger partial charge in [-0.15, -0.1) is 0 Å². The number of hydrogen-bond acceptors (Lipinski definition) is 6. The summed E-state index contributed by atoms with van der Waals surface area (Å²) in [5.41, 5.74) is 1.21. The predicted octanol–water partition coefficient (Wildman–Crippen LogP) is 3.58. The number of oxazole rings is 1. The van der Waals surface area contributed by atoms with Crippen LogP contribution in [0.5, 0.6) is 0 Å². The van der Waals surface area contributed by atoms with E-state index in [2.05, 4.69) is 4.98 Å². The summed E-state index contributed by atoms with van der Waals surface area (Å²) in [7, 11) is -0.674. The van der Waals surface area contributed by atoms with E-state index in [9.17, 15) is 17.6 Å². The number of fused-ring (bicyclic) bond motifs is 1. The van der Waals surface area contributed by atoms with Crippen molar-refractivity contribution in [3.63, 3.8) is 0 Å². The zero-order valence-corrected chi connectivity index (χ0v) is 16.5. The van der Waals surface area contributed by atoms with Crippen LogP contribution in [0.15, 0.2) is 57.0 Å². The van der Waals surface area contributed by atoms with Crippen molar-refractivity contribution in [3.8, 4) is 0 Å². The van der Waals surface area contributed by atoms with Crippen LogP contribution in [0.4, 0.5) is 4.39 Å². The maximum absolute atomic E-state index is 13.0. The number of carbonyl (C=O) groups is 1. The largest absolute Gasteiger partial charge is 0.431 e. The van der Waals surface area contributed by atoms with Crippen molar-refractivity contribution in [2.75, 3.05) is 14.1 Å². The Bertz CT molecular complexity index is 1090. The molecule has 0 saturated heterocycles. The monoisotopic (exact) mass is 408 g/mol. The van der Waals surface area contributed by atoms with Gasteiger partial charge in [0.05, 0.1) is 10.1 Å². The Morgan fingerprint density at radius 3 is 2.48 bits per heavy atom. The molecule has 0 amide bonds. The fourth-order valence-electron chi connectivity index (χ4n) is 2.36. The summed E-state index contributed by atoms with van der Waals surface area (Å²) >= 11 is 1.12. The van der Waals surface area contributed by atoms with E-state index in [1.54, 1.807) is 6.92 Å². The van der Waals surface area contributed by atoms with Crippen LogP contribution in [0, 0.1) is 5.82 Å². The van der Waals surface area contributed by atoms with E-state index in [4.69, 9.17) is 4.42 Å². The van der Waals surface area contributed by atoms with Gasteiger partial charge in [0.15, 0.2) is 11.4 Å². The highest BCUT2D eigenvalue weighted by atomic mass is 32.2. The molecule has 0 spiro atoms. The molecule has 142 valence electrons. The summed E-state index contributed by atoms with van der Waals surface area (Å²) in [4.78, 5) is 16.8. The standard InChI is InChI=1S/C18H17FN2O4S2/c1-11(17(22)12-4-6-13(19)7-5-12)26-18-20-15-10-14(8-9-16(15)25-18)27(23,24)21(2)3/h4-11H,1-3H3. The summed E-state index contributed by atoms with van der Waals surface area (Å²) < 4.78 is 44.2. The number of nitrogens with zero attached hydrogens (tertiary/aromatic N) is 2. The van der Waals surface area contributed by atoms with Gasteiger partial charge in [0, 0.05) is 19.7 Å². The van der Waals surface area contributed by atoms with Crippen LogP contribution >= 0.6 is 11.8 Å². The first-order valence-corrected chi connectivity index (χ1v) is 10.3. The minimum Gasteiger partial charge on any atom is -0.431 e. The number of carbonyl (C=O) groups excluding carboxylic acids is 1. The summed E-state index contributed by atoms with van der Waals surface area (Å²) in [6, 6.07) is 9.75. The van der Waals surface area contributed by atoms with E-state index in [-0.39, 0.29) is 15.9 Å². The van der Waals surface area contributed by atoms with Crippen LogP contribution in [-0.4, -0.2) is 42.8 Å². The molecule has 0 fully saturated rings. The lowest BCUT2D eigenvalue weighted by atomic mass is 10.1. The van der Waals surface area contributed by atoms with Crippen LogP contribution in [0.1, 0.15) is 17.3 Å². The van der Waals surface area contributed by atoms with Crippen LogP contribution in [0.2, 0.25) is 0 Å². The molecule has 0 bridgehead atoms. The van der Waals surface area contributed by atoms with Crippen molar-refractivity contribution >= 4 is 38.7 Å². The topological polar surface area (TPSA) is 80.5 Å². The molecule has 0 aliphatic heterocycles. The Labute approximate surface area is 160 Å². The van der Waals surface area contributed by atoms with Gasteiger partial charge in [0.1, 0.15) is 11.3 Å². The normalized spacial score (nSPS) is 13.2. The molecule has 3 rings (SSSR count). The Morgan fingerprint density at radius 2 is 1.85 bits per heavy atom. The number of sulfonamides is 1. The fraction of sp³-hybridized carbons (Fsp3) is 0.222. The number of ketones is 1. The molecule has 1 aromatic heterocycles. The molecule has 0 saturated carbocycles. The van der Waals surface area contributed by atoms with Gasteiger partial charge in [-0.25, -0.2) is 22.1 Å². The molecule has 6 nitrogen and oxygen atoms in total. The van der Waals surface area contributed by atoms with E-state index < -0.39 is 21.1 Å². The third kappa shape index (κ3) is 4.05. The van der Waals surface area contributed by atoms with Gasteiger partial charge in [0.25, 0.3) is 5.22 Å². The van der Waals surface area contributed by atoms with Crippen molar-refractivity contribution in [1.29, 1.82) is 0 Å². The van der Waals surface area contributed by atoms with Crippen LogP contribution in [-0.2, 0) is 10.0 Å². The van der Waals surface area contributed by atoms with E-state index in [0.717, 1.165) is 16.1 Å². The molecular formula is C18H17FN2O4S2. The lowest BCUT2D eigenvalue weighted by molar-refractivity contribution is 0.0993. The predicted molar refractivity (Wildman–Crippen MR) is 101 cm³/mol. The van der Waals surface area contributed by atoms with Crippen LogP contribution < -0.4 is 0 Å². The average Bonchev–Trinajstić information content (AvgIpc) is 3.02. The number of hydrogen-bond donors (Lipinski definition) is 0. The molecule has 2 aromatic carbocycles. The SMILES string of the molecule is CC(Sc1nc2cc(S(=O)(=O)N(C)C)ccc2o1)C(=O)c1ccc(F)cc1. The van der Waals surface area contributed by atoms with Gasteiger partial charge < -0.3 is 4.42 Å². The Kier molecular flexibility index (Phi) is 5.36. The van der Waals surface area contributed by atoms with Crippen molar-refractivity contribution < 1.29 is 22.0 Å². The molecule has 0 aliphatic carbocycles.